The van der Waals surface area contributed by atoms with Crippen LogP contribution in [0.5, 0.6) is 0 Å². The average Bonchev–Trinajstić information content (AvgIpc) is 2.96. The molecule has 9 heteroatoms. The Morgan fingerprint density at radius 2 is 1.69 bits per heavy atom. The van der Waals surface area contributed by atoms with Gasteiger partial charge in [-0.25, -0.2) is 0 Å². The smallest absolute Gasteiger partial charge is 0.309 e. The number of alkyl halides is 3. The summed E-state index contributed by atoms with van der Waals surface area (Å²) in [4.78, 5) is 45.0. The first-order valence-electron chi connectivity index (χ1n) is 13.6. The third-order valence-electron chi connectivity index (χ3n) is 8.09. The van der Waals surface area contributed by atoms with Crippen molar-refractivity contribution in [3.8, 4) is 6.07 Å². The highest BCUT2D eigenvalue weighted by Crippen LogP contribution is 2.45. The third kappa shape index (κ3) is 4.98. The number of aryl methyl sites for hydroxylation is 1. The minimum absolute atomic E-state index is 0.0887. The van der Waals surface area contributed by atoms with Crippen molar-refractivity contribution < 1.29 is 27.6 Å². The molecule has 0 aromatic heterocycles. The zero-order chi connectivity index (χ0) is 30.3. The van der Waals surface area contributed by atoms with E-state index in [-0.39, 0.29) is 23.0 Å². The van der Waals surface area contributed by atoms with E-state index in [1.54, 1.807) is 35.2 Å². The lowest BCUT2D eigenvalue weighted by Gasteiger charge is -2.43. The van der Waals surface area contributed by atoms with E-state index in [1.807, 2.05) is 31.2 Å². The van der Waals surface area contributed by atoms with Crippen LogP contribution in [-0.2, 0) is 27.0 Å². The maximum atomic E-state index is 14.6. The summed E-state index contributed by atoms with van der Waals surface area (Å²) in [6.07, 6.45) is -3.27. The predicted octanol–water partition coefficient (Wildman–Crippen LogP) is 6.55. The van der Waals surface area contributed by atoms with Crippen molar-refractivity contribution in [1.82, 2.24) is 0 Å². The Bertz CT molecular complexity index is 1650. The van der Waals surface area contributed by atoms with Crippen LogP contribution in [0.3, 0.4) is 0 Å². The molecule has 0 spiro atoms. The van der Waals surface area contributed by atoms with Gasteiger partial charge in [0.2, 0.25) is 11.8 Å². The highest BCUT2D eigenvalue weighted by atomic mass is 19.4. The summed E-state index contributed by atoms with van der Waals surface area (Å²) in [6, 6.07) is 19.8. The summed E-state index contributed by atoms with van der Waals surface area (Å²) in [7, 11) is 0. The van der Waals surface area contributed by atoms with E-state index in [2.05, 4.69) is 0 Å². The molecule has 2 amide bonds. The van der Waals surface area contributed by atoms with Gasteiger partial charge in [0.1, 0.15) is 5.92 Å². The maximum absolute atomic E-state index is 14.6. The Balaban J connectivity index is 1.74. The number of hydrogen-bond donors (Lipinski definition) is 0. The number of nitrogens with zero attached hydrogens (tertiary/aromatic N) is 3. The fraction of sp³-hybridized carbons (Fsp3) is 0.273. The number of allylic oxidation sites excluding steroid dienone is 2. The van der Waals surface area contributed by atoms with Gasteiger partial charge in [0.25, 0.3) is 0 Å². The van der Waals surface area contributed by atoms with Crippen LogP contribution in [0.1, 0.15) is 55.4 Å². The van der Waals surface area contributed by atoms with E-state index in [4.69, 9.17) is 0 Å². The molecule has 2 heterocycles. The first kappa shape index (κ1) is 28.8. The number of anilines is 2. The van der Waals surface area contributed by atoms with Gasteiger partial charge in [-0.1, -0.05) is 36.4 Å². The number of Topliss-reactive ketones (excluding diaryl/α,β-unsaturated/α-hetero) is 1. The van der Waals surface area contributed by atoms with E-state index in [0.29, 0.717) is 23.2 Å². The Kier molecular flexibility index (Phi) is 7.50. The van der Waals surface area contributed by atoms with Gasteiger partial charge in [-0.05, 0) is 81.1 Å². The highest BCUT2D eigenvalue weighted by Gasteiger charge is 2.50. The van der Waals surface area contributed by atoms with E-state index < -0.39 is 41.2 Å². The second-order valence-electron chi connectivity index (χ2n) is 10.7. The van der Waals surface area contributed by atoms with Crippen molar-refractivity contribution >= 4 is 29.0 Å². The second-order valence-corrected chi connectivity index (χ2v) is 10.7. The molecule has 0 N–H and O–H groups in total. The minimum Gasteiger partial charge on any atom is -0.309 e. The number of fused-ring (bicyclic) bond motifs is 1. The van der Waals surface area contributed by atoms with Crippen molar-refractivity contribution in [3.63, 3.8) is 0 Å². The van der Waals surface area contributed by atoms with Gasteiger partial charge in [-0.2, -0.15) is 18.4 Å². The molecule has 0 aliphatic carbocycles. The van der Waals surface area contributed by atoms with E-state index in [1.165, 1.54) is 26.0 Å². The number of para-hydroxylation sites is 1. The number of hydrogen-bond acceptors (Lipinski definition) is 4. The molecule has 0 saturated heterocycles. The molecule has 0 saturated carbocycles. The SMILES string of the molecule is CC(=O)C1=C(C)N(c2cccc(C(F)(F)F)c2)C(=O)C(C(=O)N2c3ccccc3CCC2C)C1c1ccc(C#N)cc1. The molecule has 0 bridgehead atoms. The number of nitriles is 1. The lowest BCUT2D eigenvalue weighted by molar-refractivity contribution is -0.138. The van der Waals surface area contributed by atoms with Gasteiger partial charge < -0.3 is 4.90 Å². The predicted molar refractivity (Wildman–Crippen MR) is 151 cm³/mol. The van der Waals surface area contributed by atoms with Crippen molar-refractivity contribution in [2.24, 2.45) is 5.92 Å². The van der Waals surface area contributed by atoms with Gasteiger partial charge >= 0.3 is 6.18 Å². The number of halogens is 3. The Morgan fingerprint density at radius 1 is 1.00 bits per heavy atom. The normalized spacial score (nSPS) is 20.7. The van der Waals surface area contributed by atoms with Crippen LogP contribution in [0.2, 0.25) is 0 Å². The molecule has 3 aromatic carbocycles. The summed E-state index contributed by atoms with van der Waals surface area (Å²) in [6.45, 7) is 4.70. The van der Waals surface area contributed by atoms with Gasteiger partial charge in [0, 0.05) is 34.6 Å². The maximum Gasteiger partial charge on any atom is 0.416 e. The summed E-state index contributed by atoms with van der Waals surface area (Å²) in [5, 5.41) is 9.32. The molecule has 3 aromatic rings. The van der Waals surface area contributed by atoms with Crippen LogP contribution in [0, 0.1) is 17.2 Å². The second kappa shape index (κ2) is 10.9. The molecular weight excluding hydrogens is 543 g/mol. The molecule has 3 unspecified atom stereocenters. The number of rotatable bonds is 4. The molecular formula is C33H28F3N3O3. The molecule has 6 nitrogen and oxygen atoms in total. The molecule has 5 rings (SSSR count). The Morgan fingerprint density at radius 3 is 2.33 bits per heavy atom. The first-order chi connectivity index (χ1) is 19.9. The van der Waals surface area contributed by atoms with Gasteiger partial charge in [0.05, 0.1) is 17.2 Å². The Hall–Kier alpha value is -4.71. The van der Waals surface area contributed by atoms with Crippen molar-refractivity contribution in [1.29, 1.82) is 5.26 Å². The minimum atomic E-state index is -4.66. The number of ketones is 1. The van der Waals surface area contributed by atoms with E-state index in [0.717, 1.165) is 29.0 Å². The van der Waals surface area contributed by atoms with Gasteiger partial charge in [-0.15, -0.1) is 0 Å². The fourth-order valence-corrected chi connectivity index (χ4v) is 6.12. The lowest BCUT2D eigenvalue weighted by atomic mass is 9.73. The van der Waals surface area contributed by atoms with Crippen molar-refractivity contribution in [2.45, 2.75) is 51.7 Å². The van der Waals surface area contributed by atoms with Crippen molar-refractivity contribution in [2.75, 3.05) is 9.80 Å². The topological polar surface area (TPSA) is 81.5 Å². The third-order valence-corrected chi connectivity index (χ3v) is 8.09. The van der Waals surface area contributed by atoms with E-state index >= 15 is 0 Å². The zero-order valence-electron chi connectivity index (χ0n) is 23.3. The molecule has 3 atom stereocenters. The van der Waals surface area contributed by atoms with E-state index in [9.17, 15) is 32.8 Å². The van der Waals surface area contributed by atoms with Gasteiger partial charge in [0.15, 0.2) is 5.78 Å². The molecule has 42 heavy (non-hydrogen) atoms. The summed E-state index contributed by atoms with van der Waals surface area (Å²) >= 11 is 0. The highest BCUT2D eigenvalue weighted by molar-refractivity contribution is 6.18. The fourth-order valence-electron chi connectivity index (χ4n) is 6.12. The van der Waals surface area contributed by atoms with Crippen LogP contribution in [0.15, 0.2) is 84.1 Å². The quantitative estimate of drug-likeness (QED) is 0.333. The number of amides is 2. The van der Waals surface area contributed by atoms with Crippen molar-refractivity contribution in [3.05, 3.63) is 106 Å². The monoisotopic (exact) mass is 571 g/mol. The number of carbonyl (C=O) groups excluding carboxylic acids is 3. The zero-order valence-corrected chi connectivity index (χ0v) is 23.3. The standard InChI is InChI=1S/C33H28F3N3O3/c1-19-11-14-23-7-4-5-10-27(23)38(19)31(41)30-29(24-15-12-22(18-37)13-16-24)28(21(3)40)20(2)39(32(30)42)26-9-6-8-25(17-26)33(34,35)36/h4-10,12-13,15-17,19,29-30H,11,14H2,1-3H3. The molecule has 2 aliphatic heterocycles. The van der Waals surface area contributed by atoms with Crippen LogP contribution < -0.4 is 9.80 Å². The van der Waals surface area contributed by atoms with Gasteiger partial charge in [-0.3, -0.25) is 19.3 Å². The summed E-state index contributed by atoms with van der Waals surface area (Å²) in [5.41, 5.74) is 1.69. The lowest BCUT2D eigenvalue weighted by Crippen LogP contribution is -2.54. The van der Waals surface area contributed by atoms with Crippen LogP contribution >= 0.6 is 0 Å². The van der Waals surface area contributed by atoms with Crippen LogP contribution in [-0.4, -0.2) is 23.6 Å². The number of benzene rings is 3. The van der Waals surface area contributed by atoms with Crippen LogP contribution in [0.4, 0.5) is 24.5 Å². The first-order valence-corrected chi connectivity index (χ1v) is 13.6. The Labute approximate surface area is 241 Å². The summed E-state index contributed by atoms with van der Waals surface area (Å²) in [5.74, 6) is -4.16. The van der Waals surface area contributed by atoms with Crippen LogP contribution in [0.25, 0.3) is 0 Å². The molecule has 0 fully saturated rings. The average molecular weight is 572 g/mol. The summed E-state index contributed by atoms with van der Waals surface area (Å²) < 4.78 is 41.0. The molecule has 214 valence electrons. The largest absolute Gasteiger partial charge is 0.416 e. The number of carbonyl (C=O) groups is 3. The molecule has 2 aliphatic rings. The molecule has 0 radical (unpaired) electrons.